The maximum atomic E-state index is 13.4. The normalized spacial score (nSPS) is 21.6. The lowest BCUT2D eigenvalue weighted by Crippen LogP contribution is -2.26. The first-order chi connectivity index (χ1) is 9.56. The summed E-state index contributed by atoms with van der Waals surface area (Å²) in [5.41, 5.74) is 8.02. The van der Waals surface area contributed by atoms with Crippen LogP contribution in [-0.2, 0) is 0 Å². The average Bonchev–Trinajstić information content (AvgIpc) is 2.87. The molecule has 1 aliphatic rings. The lowest BCUT2D eigenvalue weighted by Gasteiger charge is -2.31. The summed E-state index contributed by atoms with van der Waals surface area (Å²) in [4.78, 5) is 4.19. The molecule has 106 valence electrons. The van der Waals surface area contributed by atoms with Crippen molar-refractivity contribution in [1.82, 2.24) is 9.55 Å². The van der Waals surface area contributed by atoms with Gasteiger partial charge in [0.1, 0.15) is 17.7 Å². The highest BCUT2D eigenvalue weighted by Gasteiger charge is 2.29. The number of aromatic nitrogens is 2. The first kappa shape index (κ1) is 13.1. The van der Waals surface area contributed by atoms with Crippen LogP contribution in [0.5, 0.6) is 5.75 Å². The fourth-order valence-corrected chi connectivity index (χ4v) is 2.65. The number of imidazole rings is 1. The van der Waals surface area contributed by atoms with E-state index in [1.165, 1.54) is 12.1 Å². The van der Waals surface area contributed by atoms with Crippen molar-refractivity contribution in [2.24, 2.45) is 5.73 Å². The maximum absolute atomic E-state index is 13.4. The van der Waals surface area contributed by atoms with Crippen LogP contribution in [0.1, 0.15) is 49.7 Å². The van der Waals surface area contributed by atoms with Gasteiger partial charge in [-0.25, -0.2) is 9.37 Å². The molecule has 0 radical (unpaired) electrons. The second-order valence-corrected chi connectivity index (χ2v) is 5.45. The van der Waals surface area contributed by atoms with Crippen LogP contribution in [0.15, 0.2) is 30.7 Å². The molecule has 1 aromatic carbocycles. The zero-order chi connectivity index (χ0) is 14.3. The van der Waals surface area contributed by atoms with Gasteiger partial charge in [-0.05, 0) is 19.9 Å². The molecule has 1 aromatic heterocycles. The minimum absolute atomic E-state index is 0.153. The van der Waals surface area contributed by atoms with Gasteiger partial charge >= 0.3 is 0 Å². The number of nitrogens with two attached hydrogens (primary N) is 1. The average molecular weight is 275 g/mol. The van der Waals surface area contributed by atoms with Crippen molar-refractivity contribution >= 4 is 0 Å². The van der Waals surface area contributed by atoms with Gasteiger partial charge in [0.25, 0.3) is 0 Å². The van der Waals surface area contributed by atoms with E-state index < -0.39 is 0 Å². The van der Waals surface area contributed by atoms with Gasteiger partial charge in [-0.3, -0.25) is 0 Å². The van der Waals surface area contributed by atoms with Gasteiger partial charge in [-0.15, -0.1) is 0 Å². The van der Waals surface area contributed by atoms with Crippen LogP contribution >= 0.6 is 0 Å². The SMILES string of the molecule is CC(C)n1cncc1C1C[C@H](N)c2ccc(F)cc2O1. The Balaban J connectivity index is 1.96. The lowest BCUT2D eigenvalue weighted by molar-refractivity contribution is 0.151. The number of rotatable bonds is 2. The molecule has 0 saturated carbocycles. The second-order valence-electron chi connectivity index (χ2n) is 5.45. The smallest absolute Gasteiger partial charge is 0.142 e. The number of halogens is 1. The molecule has 0 spiro atoms. The molecular formula is C15H18FN3O. The van der Waals surface area contributed by atoms with E-state index in [0.717, 1.165) is 11.3 Å². The molecular weight excluding hydrogens is 257 g/mol. The van der Waals surface area contributed by atoms with Crippen molar-refractivity contribution in [2.45, 2.75) is 38.5 Å². The predicted molar refractivity (Wildman–Crippen MR) is 73.9 cm³/mol. The standard InChI is InChI=1S/C15H18FN3O/c1-9(2)19-8-18-7-13(19)15-6-12(17)11-4-3-10(16)5-14(11)20-15/h3-5,7-9,12,15H,6,17H2,1-2H3/t12-,15?/m0/s1. The largest absolute Gasteiger partial charge is 0.484 e. The highest BCUT2D eigenvalue weighted by Crippen LogP contribution is 2.40. The number of benzene rings is 1. The first-order valence-electron chi connectivity index (χ1n) is 6.79. The third-order valence-corrected chi connectivity index (χ3v) is 3.69. The molecule has 0 saturated heterocycles. The van der Waals surface area contributed by atoms with Gasteiger partial charge in [-0.2, -0.15) is 0 Å². The Bertz CT molecular complexity index is 623. The van der Waals surface area contributed by atoms with Crippen molar-refractivity contribution in [2.75, 3.05) is 0 Å². The van der Waals surface area contributed by atoms with E-state index in [1.54, 1.807) is 18.6 Å². The monoisotopic (exact) mass is 275 g/mol. The molecule has 3 rings (SSSR count). The van der Waals surface area contributed by atoms with Crippen molar-refractivity contribution in [3.8, 4) is 5.75 Å². The molecule has 5 heteroatoms. The minimum atomic E-state index is -0.311. The Hall–Kier alpha value is -1.88. The number of hydrogen-bond acceptors (Lipinski definition) is 3. The van der Waals surface area contributed by atoms with Crippen LogP contribution in [0.2, 0.25) is 0 Å². The Morgan fingerprint density at radius 3 is 3.00 bits per heavy atom. The molecule has 1 aliphatic heterocycles. The molecule has 0 fully saturated rings. The van der Waals surface area contributed by atoms with Crippen LogP contribution in [0.3, 0.4) is 0 Å². The van der Waals surface area contributed by atoms with E-state index >= 15 is 0 Å². The second kappa shape index (κ2) is 4.90. The van der Waals surface area contributed by atoms with Crippen molar-refractivity contribution in [1.29, 1.82) is 0 Å². The fraction of sp³-hybridized carbons (Fsp3) is 0.400. The summed E-state index contributed by atoms with van der Waals surface area (Å²) in [5, 5.41) is 0. The molecule has 2 atom stereocenters. The molecule has 4 nitrogen and oxygen atoms in total. The Morgan fingerprint density at radius 2 is 2.25 bits per heavy atom. The highest BCUT2D eigenvalue weighted by atomic mass is 19.1. The summed E-state index contributed by atoms with van der Waals surface area (Å²) >= 11 is 0. The lowest BCUT2D eigenvalue weighted by atomic mass is 9.96. The van der Waals surface area contributed by atoms with Gasteiger partial charge < -0.3 is 15.0 Å². The predicted octanol–water partition coefficient (Wildman–Crippen LogP) is 3.13. The van der Waals surface area contributed by atoms with Gasteiger partial charge in [0.05, 0.1) is 18.2 Å². The van der Waals surface area contributed by atoms with Crippen molar-refractivity contribution < 1.29 is 9.13 Å². The van der Waals surface area contributed by atoms with E-state index in [4.69, 9.17) is 10.5 Å². The highest BCUT2D eigenvalue weighted by molar-refractivity contribution is 5.39. The number of nitrogens with zero attached hydrogens (tertiary/aromatic N) is 2. The van der Waals surface area contributed by atoms with Crippen LogP contribution in [-0.4, -0.2) is 9.55 Å². The molecule has 2 heterocycles. The minimum Gasteiger partial charge on any atom is -0.484 e. The van der Waals surface area contributed by atoms with E-state index in [0.29, 0.717) is 18.2 Å². The van der Waals surface area contributed by atoms with E-state index in [-0.39, 0.29) is 18.0 Å². The Labute approximate surface area is 117 Å². The zero-order valence-electron chi connectivity index (χ0n) is 11.6. The topological polar surface area (TPSA) is 53.1 Å². The summed E-state index contributed by atoms with van der Waals surface area (Å²) in [6.45, 7) is 4.17. The summed E-state index contributed by atoms with van der Waals surface area (Å²) < 4.78 is 21.4. The molecule has 0 amide bonds. The van der Waals surface area contributed by atoms with Crippen LogP contribution in [0.25, 0.3) is 0 Å². The van der Waals surface area contributed by atoms with Crippen LogP contribution in [0.4, 0.5) is 4.39 Å². The van der Waals surface area contributed by atoms with Crippen LogP contribution in [0, 0.1) is 5.82 Å². The van der Waals surface area contributed by atoms with E-state index in [1.807, 2.05) is 0 Å². The number of fused-ring (bicyclic) bond motifs is 1. The first-order valence-corrected chi connectivity index (χ1v) is 6.79. The van der Waals surface area contributed by atoms with Gasteiger partial charge in [-0.1, -0.05) is 6.07 Å². The summed E-state index contributed by atoms with van der Waals surface area (Å²) in [6.07, 6.45) is 4.05. The quantitative estimate of drug-likeness (QED) is 0.916. The van der Waals surface area contributed by atoms with Gasteiger partial charge in [0.2, 0.25) is 0 Å². The van der Waals surface area contributed by atoms with Crippen LogP contribution < -0.4 is 10.5 Å². The Kier molecular flexibility index (Phi) is 3.22. The fourth-order valence-electron chi connectivity index (χ4n) is 2.65. The van der Waals surface area contributed by atoms with Crippen molar-refractivity contribution in [3.05, 3.63) is 47.8 Å². The summed E-state index contributed by atoms with van der Waals surface area (Å²) in [6, 6.07) is 4.66. The third kappa shape index (κ3) is 2.18. The molecule has 0 bridgehead atoms. The van der Waals surface area contributed by atoms with Gasteiger partial charge in [0.15, 0.2) is 0 Å². The van der Waals surface area contributed by atoms with E-state index in [9.17, 15) is 4.39 Å². The zero-order valence-corrected chi connectivity index (χ0v) is 11.6. The summed E-state index contributed by atoms with van der Waals surface area (Å²) in [7, 11) is 0. The van der Waals surface area contributed by atoms with Gasteiger partial charge in [0, 0.05) is 30.1 Å². The molecule has 2 N–H and O–H groups in total. The number of hydrogen-bond donors (Lipinski definition) is 1. The van der Waals surface area contributed by atoms with Crippen molar-refractivity contribution in [3.63, 3.8) is 0 Å². The maximum Gasteiger partial charge on any atom is 0.142 e. The molecule has 2 aromatic rings. The number of ether oxygens (including phenoxy) is 1. The van der Waals surface area contributed by atoms with E-state index in [2.05, 4.69) is 23.4 Å². The molecule has 0 aliphatic carbocycles. The third-order valence-electron chi connectivity index (χ3n) is 3.69. The molecule has 20 heavy (non-hydrogen) atoms. The Morgan fingerprint density at radius 1 is 1.45 bits per heavy atom. The molecule has 1 unspecified atom stereocenters. The summed E-state index contributed by atoms with van der Waals surface area (Å²) in [5.74, 6) is 0.222.